The maximum absolute atomic E-state index is 12.6. The van der Waals surface area contributed by atoms with Crippen molar-refractivity contribution in [3.8, 4) is 17.4 Å². The molecule has 4 aromatic rings. The average molecular weight is 601 g/mol. The topological polar surface area (TPSA) is 140 Å². The lowest BCUT2D eigenvalue weighted by molar-refractivity contribution is 0.0697. The van der Waals surface area contributed by atoms with Crippen LogP contribution in [-0.4, -0.2) is 45.0 Å². The van der Waals surface area contributed by atoms with E-state index in [9.17, 15) is 19.5 Å². The molecule has 220 valence electrons. The van der Waals surface area contributed by atoms with E-state index >= 15 is 0 Å². The SMILES string of the molecule is Cc1cc(C(=O)NC2CCC(Oc3ccc(Oc4ccc(C(=O)Nc5ccccc5C(=O)O)cn4)cc3)CC2)cc(Cl)n1. The number of carboxylic acids is 1. The first kappa shape index (κ1) is 29.5. The van der Waals surface area contributed by atoms with E-state index in [0.29, 0.717) is 33.8 Å². The van der Waals surface area contributed by atoms with E-state index in [1.165, 1.54) is 18.3 Å². The van der Waals surface area contributed by atoms with Crippen LogP contribution in [0.25, 0.3) is 0 Å². The second kappa shape index (κ2) is 13.3. The summed E-state index contributed by atoms with van der Waals surface area (Å²) in [6.45, 7) is 1.80. The molecule has 2 aromatic heterocycles. The van der Waals surface area contributed by atoms with Gasteiger partial charge in [-0.05, 0) is 87.2 Å². The Hall–Kier alpha value is -4.96. The van der Waals surface area contributed by atoms with E-state index in [2.05, 4.69) is 20.6 Å². The summed E-state index contributed by atoms with van der Waals surface area (Å²) in [7, 11) is 0. The summed E-state index contributed by atoms with van der Waals surface area (Å²) in [4.78, 5) is 44.9. The minimum absolute atomic E-state index is 0.00418. The molecule has 10 nitrogen and oxygen atoms in total. The van der Waals surface area contributed by atoms with Gasteiger partial charge in [-0.25, -0.2) is 14.8 Å². The lowest BCUT2D eigenvalue weighted by Gasteiger charge is -2.29. The van der Waals surface area contributed by atoms with Gasteiger partial charge in [0.05, 0.1) is 22.9 Å². The van der Waals surface area contributed by atoms with Crippen molar-refractivity contribution in [1.82, 2.24) is 15.3 Å². The van der Waals surface area contributed by atoms with Crippen LogP contribution in [0, 0.1) is 6.92 Å². The molecule has 2 amide bonds. The summed E-state index contributed by atoms with van der Waals surface area (Å²) in [6.07, 6.45) is 4.64. The van der Waals surface area contributed by atoms with Crippen LogP contribution in [0.5, 0.6) is 17.4 Å². The average Bonchev–Trinajstić information content (AvgIpc) is 2.99. The molecule has 0 unspecified atom stereocenters. The number of aromatic carboxylic acids is 1. The van der Waals surface area contributed by atoms with Crippen LogP contribution in [0.2, 0.25) is 5.15 Å². The number of aromatic nitrogens is 2. The maximum Gasteiger partial charge on any atom is 0.337 e. The Bertz CT molecular complexity index is 1600. The number of carbonyl (C=O) groups is 3. The van der Waals surface area contributed by atoms with Gasteiger partial charge in [-0.2, -0.15) is 0 Å². The van der Waals surface area contributed by atoms with Crippen molar-refractivity contribution in [2.24, 2.45) is 0 Å². The smallest absolute Gasteiger partial charge is 0.337 e. The highest BCUT2D eigenvalue weighted by molar-refractivity contribution is 6.29. The summed E-state index contributed by atoms with van der Waals surface area (Å²) < 4.78 is 12.0. The van der Waals surface area contributed by atoms with Crippen LogP contribution in [0.4, 0.5) is 5.69 Å². The fourth-order valence-electron chi connectivity index (χ4n) is 4.80. The Balaban J connectivity index is 1.08. The van der Waals surface area contributed by atoms with Crippen molar-refractivity contribution in [3.05, 3.63) is 107 Å². The van der Waals surface area contributed by atoms with Crippen LogP contribution in [0.15, 0.2) is 79.0 Å². The summed E-state index contributed by atoms with van der Waals surface area (Å²) in [5.74, 6) is -0.221. The van der Waals surface area contributed by atoms with E-state index in [4.69, 9.17) is 21.1 Å². The maximum atomic E-state index is 12.6. The number of hydrogen-bond donors (Lipinski definition) is 3. The van der Waals surface area contributed by atoms with Crippen molar-refractivity contribution in [2.75, 3.05) is 5.32 Å². The number of amides is 2. The minimum atomic E-state index is -1.13. The normalized spacial score (nSPS) is 16.1. The molecule has 11 heteroatoms. The van der Waals surface area contributed by atoms with Crippen molar-refractivity contribution < 1.29 is 29.0 Å². The molecule has 43 heavy (non-hydrogen) atoms. The molecule has 1 aliphatic carbocycles. The molecule has 1 saturated carbocycles. The molecule has 0 saturated heterocycles. The monoisotopic (exact) mass is 600 g/mol. The van der Waals surface area contributed by atoms with E-state index in [0.717, 1.165) is 25.7 Å². The number of ether oxygens (including phenoxy) is 2. The Morgan fingerprint density at radius 2 is 1.60 bits per heavy atom. The number of pyridine rings is 2. The summed E-state index contributed by atoms with van der Waals surface area (Å²) in [5, 5.41) is 15.3. The number of carboxylic acid groups (broad SMARTS) is 1. The number of hydrogen-bond acceptors (Lipinski definition) is 7. The Morgan fingerprint density at radius 1 is 0.884 bits per heavy atom. The predicted octanol–water partition coefficient (Wildman–Crippen LogP) is 6.30. The fourth-order valence-corrected chi connectivity index (χ4v) is 5.05. The predicted molar refractivity (Wildman–Crippen MR) is 160 cm³/mol. The largest absolute Gasteiger partial charge is 0.490 e. The number of benzene rings is 2. The quantitative estimate of drug-likeness (QED) is 0.190. The molecule has 2 heterocycles. The van der Waals surface area contributed by atoms with E-state index in [1.807, 2.05) is 12.1 Å². The number of nitrogens with zero attached hydrogens (tertiary/aromatic N) is 2. The molecule has 0 aliphatic heterocycles. The minimum Gasteiger partial charge on any atom is -0.490 e. The number of aryl methyl sites for hydroxylation is 1. The summed E-state index contributed by atoms with van der Waals surface area (Å²) >= 11 is 5.99. The number of para-hydroxylation sites is 1. The molecule has 3 N–H and O–H groups in total. The number of nitrogens with one attached hydrogen (secondary N) is 2. The lowest BCUT2D eigenvalue weighted by Crippen LogP contribution is -2.39. The van der Waals surface area contributed by atoms with Gasteiger partial charge in [0.2, 0.25) is 5.88 Å². The first-order chi connectivity index (χ1) is 20.7. The molecule has 5 rings (SSSR count). The highest BCUT2D eigenvalue weighted by Crippen LogP contribution is 2.27. The van der Waals surface area contributed by atoms with Crippen molar-refractivity contribution in [2.45, 2.75) is 44.8 Å². The first-order valence-corrected chi connectivity index (χ1v) is 14.1. The van der Waals surface area contributed by atoms with Crippen LogP contribution < -0.4 is 20.1 Å². The van der Waals surface area contributed by atoms with Crippen LogP contribution in [0.3, 0.4) is 0 Å². The van der Waals surface area contributed by atoms with Gasteiger partial charge in [0.1, 0.15) is 16.7 Å². The van der Waals surface area contributed by atoms with Crippen molar-refractivity contribution in [3.63, 3.8) is 0 Å². The van der Waals surface area contributed by atoms with Crippen LogP contribution in [-0.2, 0) is 0 Å². The van der Waals surface area contributed by atoms with Gasteiger partial charge in [0, 0.05) is 29.6 Å². The molecule has 2 aromatic carbocycles. The van der Waals surface area contributed by atoms with E-state index < -0.39 is 11.9 Å². The first-order valence-electron chi connectivity index (χ1n) is 13.7. The van der Waals surface area contributed by atoms with E-state index in [1.54, 1.807) is 55.5 Å². The van der Waals surface area contributed by atoms with Crippen molar-refractivity contribution >= 4 is 35.1 Å². The van der Waals surface area contributed by atoms with Crippen LogP contribution >= 0.6 is 11.6 Å². The lowest BCUT2D eigenvalue weighted by atomic mass is 9.92. The van der Waals surface area contributed by atoms with Crippen molar-refractivity contribution in [1.29, 1.82) is 0 Å². The third kappa shape index (κ3) is 7.87. The number of rotatable bonds is 9. The number of carbonyl (C=O) groups excluding carboxylic acids is 2. The second-order valence-corrected chi connectivity index (χ2v) is 10.5. The van der Waals surface area contributed by atoms with Gasteiger partial charge in [0.25, 0.3) is 11.8 Å². The van der Waals surface area contributed by atoms with Gasteiger partial charge < -0.3 is 25.2 Å². The molecular weight excluding hydrogens is 572 g/mol. The zero-order valence-corrected chi connectivity index (χ0v) is 24.0. The zero-order chi connectivity index (χ0) is 30.3. The molecule has 1 fully saturated rings. The fraction of sp³-hybridized carbons (Fsp3) is 0.219. The molecular formula is C32H29ClN4O6. The molecule has 0 bridgehead atoms. The van der Waals surface area contributed by atoms with Gasteiger partial charge in [-0.15, -0.1) is 0 Å². The highest BCUT2D eigenvalue weighted by atomic mass is 35.5. The number of halogens is 1. The third-order valence-electron chi connectivity index (χ3n) is 6.95. The zero-order valence-electron chi connectivity index (χ0n) is 23.2. The Morgan fingerprint density at radius 3 is 2.28 bits per heavy atom. The second-order valence-electron chi connectivity index (χ2n) is 10.1. The highest BCUT2D eigenvalue weighted by Gasteiger charge is 2.24. The molecule has 0 atom stereocenters. The summed E-state index contributed by atoms with van der Waals surface area (Å²) in [6, 6.07) is 19.8. The molecule has 0 radical (unpaired) electrons. The standard InChI is InChI=1S/C32H29ClN4O6/c1-19-16-21(17-28(33)35-19)31(39)36-22-7-9-23(10-8-22)42-24-11-13-25(14-12-24)43-29-15-6-20(18-34-29)30(38)37-27-5-3-2-4-26(27)32(40)41/h2-6,11-18,22-23H,7-10H2,1H3,(H,36,39)(H,37,38)(H,40,41). The van der Waals surface area contributed by atoms with Gasteiger partial charge in [0.15, 0.2) is 0 Å². The number of anilines is 1. The van der Waals surface area contributed by atoms with Gasteiger partial charge >= 0.3 is 5.97 Å². The third-order valence-corrected chi connectivity index (χ3v) is 7.14. The Kier molecular flexibility index (Phi) is 9.17. The Labute approximate surface area is 253 Å². The van der Waals surface area contributed by atoms with Crippen LogP contribution in [0.1, 0.15) is 62.5 Å². The van der Waals surface area contributed by atoms with Gasteiger partial charge in [-0.3, -0.25) is 9.59 Å². The molecule has 0 spiro atoms. The molecule has 1 aliphatic rings. The van der Waals surface area contributed by atoms with Gasteiger partial charge in [-0.1, -0.05) is 23.7 Å². The van der Waals surface area contributed by atoms with E-state index in [-0.39, 0.29) is 34.9 Å². The summed E-state index contributed by atoms with van der Waals surface area (Å²) in [5.41, 5.74) is 1.65.